The number of benzene rings is 1. The number of piperazine rings is 1. The van der Waals surface area contributed by atoms with E-state index in [1.807, 2.05) is 0 Å². The Labute approximate surface area is 145 Å². The zero-order chi connectivity index (χ0) is 18.2. The number of nitrogens with zero attached hydrogens (tertiary/aromatic N) is 1. The molecule has 8 heteroatoms. The van der Waals surface area contributed by atoms with Gasteiger partial charge >= 0.3 is 6.61 Å². The fraction of sp³-hybridized carbons (Fsp3) is 0.529. The predicted molar refractivity (Wildman–Crippen MR) is 87.6 cm³/mol. The van der Waals surface area contributed by atoms with E-state index in [4.69, 9.17) is 0 Å². The van der Waals surface area contributed by atoms with Crippen molar-refractivity contribution in [2.75, 3.05) is 39.3 Å². The van der Waals surface area contributed by atoms with Crippen molar-refractivity contribution < 1.29 is 28.0 Å². The third-order valence-electron chi connectivity index (χ3n) is 4.21. The number of rotatable bonds is 7. The van der Waals surface area contributed by atoms with Crippen molar-refractivity contribution in [3.8, 4) is 5.75 Å². The van der Waals surface area contributed by atoms with Gasteiger partial charge in [-0.15, -0.1) is 0 Å². The van der Waals surface area contributed by atoms with Gasteiger partial charge in [-0.25, -0.2) is 0 Å². The lowest BCUT2D eigenvalue weighted by Gasteiger charge is -2.31. The monoisotopic (exact) mass is 356 g/mol. The molecule has 138 valence electrons. The molecular weight excluding hydrogens is 332 g/mol. The summed E-state index contributed by atoms with van der Waals surface area (Å²) in [6, 6.07) is 6.39. The van der Waals surface area contributed by atoms with E-state index in [2.05, 4.69) is 10.1 Å². The van der Waals surface area contributed by atoms with Crippen LogP contribution in [0.5, 0.6) is 5.75 Å². The van der Waals surface area contributed by atoms with Gasteiger partial charge in [0.15, 0.2) is 6.54 Å². The van der Waals surface area contributed by atoms with E-state index in [-0.39, 0.29) is 17.6 Å². The molecule has 25 heavy (non-hydrogen) atoms. The maximum absolute atomic E-state index is 12.1. The van der Waals surface area contributed by atoms with Crippen LogP contribution in [0.25, 0.3) is 0 Å². The van der Waals surface area contributed by atoms with Crippen molar-refractivity contribution >= 4 is 11.8 Å². The molecule has 1 saturated heterocycles. The number of carbonyl (C=O) groups excluding carboxylic acids is 2. The topological polar surface area (TPSA) is 63.1 Å². The molecule has 1 aliphatic heterocycles. The van der Waals surface area contributed by atoms with Gasteiger partial charge in [-0.2, -0.15) is 8.78 Å². The van der Waals surface area contributed by atoms with Gasteiger partial charge in [0.05, 0.1) is 26.2 Å². The Morgan fingerprint density at radius 1 is 1.24 bits per heavy atom. The molecule has 1 fully saturated rings. The van der Waals surface area contributed by atoms with Crippen molar-refractivity contribution in [3.63, 3.8) is 0 Å². The van der Waals surface area contributed by atoms with Gasteiger partial charge in [0.2, 0.25) is 5.91 Å². The van der Waals surface area contributed by atoms with E-state index in [1.54, 1.807) is 24.0 Å². The number of halogens is 2. The van der Waals surface area contributed by atoms with Gasteiger partial charge < -0.3 is 19.9 Å². The highest BCUT2D eigenvalue weighted by atomic mass is 19.3. The first-order chi connectivity index (χ1) is 11.9. The molecule has 0 saturated carbocycles. The number of hydrogen-bond donors (Lipinski definition) is 2. The third kappa shape index (κ3) is 6.66. The van der Waals surface area contributed by atoms with E-state index in [0.717, 1.165) is 18.7 Å². The molecule has 2 amide bonds. The normalized spacial score (nSPS) is 15.3. The molecule has 1 aromatic rings. The van der Waals surface area contributed by atoms with Gasteiger partial charge in [-0.3, -0.25) is 9.59 Å². The smallest absolute Gasteiger partial charge is 0.387 e. The SMILES string of the molecule is CC(=O)N1CC[NH+](CC(=O)NCCc2ccc(OC(F)F)cc2)CC1. The Balaban J connectivity index is 1.64. The Hall–Kier alpha value is -2.22. The second-order valence-electron chi connectivity index (χ2n) is 6.06. The molecule has 0 spiro atoms. The summed E-state index contributed by atoms with van der Waals surface area (Å²) < 4.78 is 28.4. The van der Waals surface area contributed by atoms with E-state index in [9.17, 15) is 18.4 Å². The van der Waals surface area contributed by atoms with Crippen molar-refractivity contribution in [2.45, 2.75) is 20.0 Å². The standard InChI is InChI=1S/C17H23F2N3O3/c1-13(23)22-10-8-21(9-11-22)12-16(24)20-7-6-14-2-4-15(5-3-14)25-17(18)19/h2-5,17H,6-12H2,1H3,(H,20,24)/p+1. The van der Waals surface area contributed by atoms with Crippen LogP contribution in [-0.4, -0.2) is 62.6 Å². The predicted octanol–water partition coefficient (Wildman–Crippen LogP) is -0.306. The number of nitrogens with one attached hydrogen (secondary N) is 2. The minimum absolute atomic E-state index is 0.0241. The quantitative estimate of drug-likeness (QED) is 0.705. The molecule has 1 aromatic carbocycles. The lowest BCUT2D eigenvalue weighted by Crippen LogP contribution is -3.15. The molecule has 0 aromatic heterocycles. The molecule has 2 N–H and O–H groups in total. The highest BCUT2D eigenvalue weighted by Crippen LogP contribution is 2.14. The van der Waals surface area contributed by atoms with Crippen LogP contribution in [0.15, 0.2) is 24.3 Å². The first-order valence-corrected chi connectivity index (χ1v) is 8.33. The molecule has 6 nitrogen and oxygen atoms in total. The molecule has 0 unspecified atom stereocenters. The van der Waals surface area contributed by atoms with Gasteiger partial charge in [-0.1, -0.05) is 12.1 Å². The minimum Gasteiger partial charge on any atom is -0.435 e. The second-order valence-corrected chi connectivity index (χ2v) is 6.06. The third-order valence-corrected chi connectivity index (χ3v) is 4.21. The number of carbonyl (C=O) groups is 2. The Bertz CT molecular complexity index is 573. The zero-order valence-corrected chi connectivity index (χ0v) is 14.3. The Morgan fingerprint density at radius 2 is 1.88 bits per heavy atom. The summed E-state index contributed by atoms with van der Waals surface area (Å²) in [6.07, 6.45) is 0.619. The average Bonchev–Trinajstić information content (AvgIpc) is 2.56. The molecule has 1 heterocycles. The van der Waals surface area contributed by atoms with Crippen LogP contribution in [0.1, 0.15) is 12.5 Å². The number of ether oxygens (including phenoxy) is 1. The first kappa shape index (κ1) is 19.1. The fourth-order valence-electron chi connectivity index (χ4n) is 2.79. The zero-order valence-electron chi connectivity index (χ0n) is 14.3. The molecule has 0 bridgehead atoms. The molecule has 1 aliphatic rings. The summed E-state index contributed by atoms with van der Waals surface area (Å²) in [5, 5.41) is 2.87. The summed E-state index contributed by atoms with van der Waals surface area (Å²) in [5.74, 6) is 0.175. The van der Waals surface area contributed by atoms with Crippen molar-refractivity contribution in [1.82, 2.24) is 10.2 Å². The summed E-state index contributed by atoms with van der Waals surface area (Å²) >= 11 is 0. The molecule has 2 rings (SSSR count). The first-order valence-electron chi connectivity index (χ1n) is 8.33. The van der Waals surface area contributed by atoms with Crippen LogP contribution in [0.4, 0.5) is 8.78 Å². The van der Waals surface area contributed by atoms with Crippen molar-refractivity contribution in [1.29, 1.82) is 0 Å². The Kier molecular flexibility index (Phi) is 7.12. The fourth-order valence-corrected chi connectivity index (χ4v) is 2.79. The van der Waals surface area contributed by atoms with Crippen LogP contribution in [-0.2, 0) is 16.0 Å². The van der Waals surface area contributed by atoms with E-state index < -0.39 is 6.61 Å². The van der Waals surface area contributed by atoms with Gasteiger partial charge in [-0.05, 0) is 24.1 Å². The van der Waals surface area contributed by atoms with E-state index in [1.165, 1.54) is 17.0 Å². The molecular formula is C17H24F2N3O3+. The molecule has 0 aliphatic carbocycles. The summed E-state index contributed by atoms with van der Waals surface area (Å²) in [4.78, 5) is 26.2. The summed E-state index contributed by atoms with van der Waals surface area (Å²) in [7, 11) is 0. The van der Waals surface area contributed by atoms with Crippen LogP contribution < -0.4 is 15.0 Å². The largest absolute Gasteiger partial charge is 0.435 e. The summed E-state index contributed by atoms with van der Waals surface area (Å²) in [6.45, 7) is 2.54. The maximum atomic E-state index is 12.1. The highest BCUT2D eigenvalue weighted by molar-refractivity contribution is 5.76. The maximum Gasteiger partial charge on any atom is 0.387 e. The number of amides is 2. The van der Waals surface area contributed by atoms with Crippen molar-refractivity contribution in [2.24, 2.45) is 0 Å². The number of quaternary nitrogens is 1. The molecule has 0 radical (unpaired) electrons. The van der Waals surface area contributed by atoms with Gasteiger partial charge in [0.25, 0.3) is 5.91 Å². The average molecular weight is 356 g/mol. The minimum atomic E-state index is -2.83. The highest BCUT2D eigenvalue weighted by Gasteiger charge is 2.23. The van der Waals surface area contributed by atoms with Gasteiger partial charge in [0.1, 0.15) is 5.75 Å². The van der Waals surface area contributed by atoms with Crippen LogP contribution in [0.3, 0.4) is 0 Å². The van der Waals surface area contributed by atoms with E-state index >= 15 is 0 Å². The Morgan fingerprint density at radius 3 is 2.44 bits per heavy atom. The van der Waals surface area contributed by atoms with Crippen LogP contribution >= 0.6 is 0 Å². The van der Waals surface area contributed by atoms with Crippen LogP contribution in [0, 0.1) is 0 Å². The number of hydrogen-bond acceptors (Lipinski definition) is 3. The lowest BCUT2D eigenvalue weighted by molar-refractivity contribution is -0.896. The number of alkyl halides is 2. The molecule has 0 atom stereocenters. The summed E-state index contributed by atoms with van der Waals surface area (Å²) in [5.41, 5.74) is 0.935. The van der Waals surface area contributed by atoms with Crippen LogP contribution in [0.2, 0.25) is 0 Å². The van der Waals surface area contributed by atoms with Crippen molar-refractivity contribution in [3.05, 3.63) is 29.8 Å². The van der Waals surface area contributed by atoms with E-state index in [0.29, 0.717) is 32.6 Å². The van der Waals surface area contributed by atoms with Gasteiger partial charge in [0, 0.05) is 13.5 Å². The second kappa shape index (κ2) is 9.31. The lowest BCUT2D eigenvalue weighted by atomic mass is 10.1.